The van der Waals surface area contributed by atoms with Crippen molar-refractivity contribution in [2.45, 2.75) is 13.5 Å². The van der Waals surface area contributed by atoms with Gasteiger partial charge in [-0.1, -0.05) is 0 Å². The molecule has 0 saturated carbocycles. The molecule has 0 unspecified atom stereocenters. The van der Waals surface area contributed by atoms with E-state index in [0.29, 0.717) is 11.5 Å². The molecule has 1 aromatic carbocycles. The van der Waals surface area contributed by atoms with E-state index in [1.165, 1.54) is 18.2 Å². The van der Waals surface area contributed by atoms with Crippen LogP contribution in [-0.2, 0) is 6.54 Å². The Kier molecular flexibility index (Phi) is 3.18. The van der Waals surface area contributed by atoms with Crippen LogP contribution in [0.15, 0.2) is 30.6 Å². The van der Waals surface area contributed by atoms with E-state index in [9.17, 15) is 4.79 Å². The van der Waals surface area contributed by atoms with Gasteiger partial charge in [0.05, 0.1) is 23.6 Å². The molecule has 2 aromatic rings. The Morgan fingerprint density at radius 2 is 2.33 bits per heavy atom. The molecule has 0 fully saturated rings. The largest absolute Gasteiger partial charge is 0.478 e. The van der Waals surface area contributed by atoms with Crippen LogP contribution in [0.25, 0.3) is 0 Å². The average Bonchev–Trinajstić information content (AvgIpc) is 2.79. The molecule has 1 aromatic heterocycles. The summed E-state index contributed by atoms with van der Waals surface area (Å²) in [4.78, 5) is 10.8. The number of aryl methyl sites for hydroxylation is 1. The Labute approximate surface area is 104 Å². The average molecular weight is 247 g/mol. The first kappa shape index (κ1) is 12.0. The van der Waals surface area contributed by atoms with E-state index in [4.69, 9.17) is 15.6 Å². The highest BCUT2D eigenvalue weighted by atomic mass is 16.5. The van der Waals surface area contributed by atoms with Gasteiger partial charge >= 0.3 is 5.97 Å². The van der Waals surface area contributed by atoms with Crippen LogP contribution in [0, 0.1) is 0 Å². The van der Waals surface area contributed by atoms with Gasteiger partial charge in [0.2, 0.25) is 0 Å². The van der Waals surface area contributed by atoms with E-state index >= 15 is 0 Å². The molecule has 6 nitrogen and oxygen atoms in total. The lowest BCUT2D eigenvalue weighted by molar-refractivity contribution is 0.0697. The third kappa shape index (κ3) is 2.42. The van der Waals surface area contributed by atoms with Crippen LogP contribution in [-0.4, -0.2) is 20.9 Å². The molecule has 0 bridgehead atoms. The fourth-order valence-corrected chi connectivity index (χ4v) is 1.47. The van der Waals surface area contributed by atoms with Crippen LogP contribution >= 0.6 is 0 Å². The quantitative estimate of drug-likeness (QED) is 0.806. The highest BCUT2D eigenvalue weighted by molar-refractivity contribution is 5.89. The molecule has 0 aliphatic rings. The van der Waals surface area contributed by atoms with Gasteiger partial charge in [0, 0.05) is 6.54 Å². The second-order valence-electron chi connectivity index (χ2n) is 3.69. The summed E-state index contributed by atoms with van der Waals surface area (Å²) in [5.74, 6) is -0.0469. The van der Waals surface area contributed by atoms with Crippen LogP contribution in [0.3, 0.4) is 0 Å². The van der Waals surface area contributed by atoms with Gasteiger partial charge in [-0.3, -0.25) is 4.68 Å². The monoisotopic (exact) mass is 247 g/mol. The summed E-state index contributed by atoms with van der Waals surface area (Å²) in [5.41, 5.74) is 6.14. The number of carboxylic acids is 1. The van der Waals surface area contributed by atoms with Crippen molar-refractivity contribution in [1.82, 2.24) is 9.78 Å². The number of carboxylic acid groups (broad SMARTS) is 1. The van der Waals surface area contributed by atoms with Gasteiger partial charge in [-0.25, -0.2) is 4.79 Å². The number of rotatable bonds is 4. The number of nitrogen functional groups attached to an aromatic ring is 1. The number of nitrogens with two attached hydrogens (primary N) is 1. The van der Waals surface area contributed by atoms with E-state index in [1.807, 2.05) is 6.92 Å². The second kappa shape index (κ2) is 4.79. The molecule has 1 heterocycles. The van der Waals surface area contributed by atoms with E-state index in [1.54, 1.807) is 17.1 Å². The van der Waals surface area contributed by atoms with Crippen molar-refractivity contribution in [3.8, 4) is 11.5 Å². The van der Waals surface area contributed by atoms with Crippen molar-refractivity contribution in [2.75, 3.05) is 5.73 Å². The Morgan fingerprint density at radius 1 is 1.56 bits per heavy atom. The van der Waals surface area contributed by atoms with Gasteiger partial charge < -0.3 is 15.6 Å². The van der Waals surface area contributed by atoms with Crippen molar-refractivity contribution in [2.24, 2.45) is 0 Å². The number of aromatic carboxylic acids is 1. The number of anilines is 1. The normalized spacial score (nSPS) is 10.3. The number of aromatic nitrogens is 2. The highest BCUT2D eigenvalue weighted by Crippen LogP contribution is 2.27. The third-order valence-corrected chi connectivity index (χ3v) is 2.42. The van der Waals surface area contributed by atoms with Crippen molar-refractivity contribution in [1.29, 1.82) is 0 Å². The van der Waals surface area contributed by atoms with Crippen LogP contribution < -0.4 is 10.5 Å². The zero-order chi connectivity index (χ0) is 13.1. The zero-order valence-corrected chi connectivity index (χ0v) is 9.83. The molecular weight excluding hydrogens is 234 g/mol. The maximum atomic E-state index is 10.8. The molecule has 18 heavy (non-hydrogen) atoms. The summed E-state index contributed by atoms with van der Waals surface area (Å²) in [6.07, 6.45) is 3.32. The molecular formula is C12H13N3O3. The predicted octanol–water partition coefficient (Wildman–Crippen LogP) is 1.98. The second-order valence-corrected chi connectivity index (χ2v) is 3.69. The number of hydrogen-bond donors (Lipinski definition) is 2. The third-order valence-electron chi connectivity index (χ3n) is 2.42. The van der Waals surface area contributed by atoms with Gasteiger partial charge in [-0.15, -0.1) is 0 Å². The molecule has 0 aliphatic carbocycles. The molecule has 2 rings (SSSR count). The minimum Gasteiger partial charge on any atom is -0.478 e. The predicted molar refractivity (Wildman–Crippen MR) is 65.8 cm³/mol. The van der Waals surface area contributed by atoms with Gasteiger partial charge in [-0.05, 0) is 25.1 Å². The summed E-state index contributed by atoms with van der Waals surface area (Å²) >= 11 is 0. The maximum absolute atomic E-state index is 10.8. The Morgan fingerprint density at radius 3 is 2.89 bits per heavy atom. The fraction of sp³-hybridized carbons (Fsp3) is 0.167. The Hall–Kier alpha value is -2.50. The first-order chi connectivity index (χ1) is 8.60. The minimum absolute atomic E-state index is 0.129. The van der Waals surface area contributed by atoms with E-state index in [2.05, 4.69) is 5.10 Å². The Bertz CT molecular complexity index is 578. The summed E-state index contributed by atoms with van der Waals surface area (Å²) in [5, 5.41) is 12.9. The van der Waals surface area contributed by atoms with Crippen molar-refractivity contribution in [3.63, 3.8) is 0 Å². The minimum atomic E-state index is -1.02. The van der Waals surface area contributed by atoms with Crippen molar-refractivity contribution < 1.29 is 14.6 Å². The topological polar surface area (TPSA) is 90.4 Å². The Balaban J connectivity index is 2.21. The highest BCUT2D eigenvalue weighted by Gasteiger charge is 2.08. The fourth-order valence-electron chi connectivity index (χ4n) is 1.47. The van der Waals surface area contributed by atoms with Gasteiger partial charge in [0.25, 0.3) is 0 Å². The SMILES string of the molecule is CCn1cc(Oc2ccc(C(=O)O)cc2N)cn1. The van der Waals surface area contributed by atoms with Crippen LogP contribution in [0.2, 0.25) is 0 Å². The maximum Gasteiger partial charge on any atom is 0.335 e. The standard InChI is InChI=1S/C12H13N3O3/c1-2-15-7-9(6-14-15)18-11-4-3-8(12(16)17)5-10(11)13/h3-7H,2,13H2,1H3,(H,16,17). The van der Waals surface area contributed by atoms with Gasteiger partial charge in [-0.2, -0.15) is 5.10 Å². The first-order valence-electron chi connectivity index (χ1n) is 5.43. The van der Waals surface area contributed by atoms with Crippen molar-refractivity contribution >= 4 is 11.7 Å². The van der Waals surface area contributed by atoms with Crippen LogP contribution in [0.4, 0.5) is 5.69 Å². The van der Waals surface area contributed by atoms with Crippen LogP contribution in [0.1, 0.15) is 17.3 Å². The molecule has 0 atom stereocenters. The molecule has 0 amide bonds. The number of carbonyl (C=O) groups is 1. The number of nitrogens with zero attached hydrogens (tertiary/aromatic N) is 2. The molecule has 0 saturated heterocycles. The molecule has 0 spiro atoms. The van der Waals surface area contributed by atoms with Gasteiger partial charge in [0.1, 0.15) is 0 Å². The summed E-state index contributed by atoms with van der Waals surface area (Å²) in [6.45, 7) is 2.71. The lowest BCUT2D eigenvalue weighted by Crippen LogP contribution is -1.99. The number of benzene rings is 1. The molecule has 6 heteroatoms. The zero-order valence-electron chi connectivity index (χ0n) is 9.83. The van der Waals surface area contributed by atoms with E-state index < -0.39 is 5.97 Å². The lowest BCUT2D eigenvalue weighted by Gasteiger charge is -2.06. The molecule has 3 N–H and O–H groups in total. The number of hydrogen-bond acceptors (Lipinski definition) is 4. The number of ether oxygens (including phenoxy) is 1. The summed E-state index contributed by atoms with van der Waals surface area (Å²) < 4.78 is 7.24. The molecule has 0 aliphatic heterocycles. The summed E-state index contributed by atoms with van der Waals surface area (Å²) in [6, 6.07) is 4.34. The summed E-state index contributed by atoms with van der Waals surface area (Å²) in [7, 11) is 0. The molecule has 94 valence electrons. The smallest absolute Gasteiger partial charge is 0.335 e. The van der Waals surface area contributed by atoms with Crippen LogP contribution in [0.5, 0.6) is 11.5 Å². The first-order valence-corrected chi connectivity index (χ1v) is 5.43. The molecule has 0 radical (unpaired) electrons. The van der Waals surface area contributed by atoms with E-state index in [0.717, 1.165) is 6.54 Å². The van der Waals surface area contributed by atoms with Gasteiger partial charge in [0.15, 0.2) is 11.5 Å². The lowest BCUT2D eigenvalue weighted by atomic mass is 10.2. The van der Waals surface area contributed by atoms with Crippen molar-refractivity contribution in [3.05, 3.63) is 36.2 Å². The van der Waals surface area contributed by atoms with E-state index in [-0.39, 0.29) is 11.3 Å².